The Balaban J connectivity index is 2.20. The minimum Gasteiger partial charge on any atom is -0.502 e. The number of hydrogen-bond donors (Lipinski definition) is 2. The summed E-state index contributed by atoms with van der Waals surface area (Å²) in [6.07, 6.45) is 3.32. The quantitative estimate of drug-likeness (QED) is 0.502. The number of rotatable bonds is 6. The van der Waals surface area contributed by atoms with Crippen LogP contribution in [0.4, 0.5) is 0 Å². The number of carbonyl (C=O) groups excluding carboxylic acids is 1. The number of carbonyl (C=O) groups is 1. The first-order chi connectivity index (χ1) is 7.69. The molecule has 1 saturated heterocycles. The van der Waals surface area contributed by atoms with E-state index in [9.17, 15) is 4.79 Å². The van der Waals surface area contributed by atoms with Crippen molar-refractivity contribution in [1.29, 1.82) is 0 Å². The third-order valence-corrected chi connectivity index (χ3v) is 2.68. The molecule has 0 bridgehead atoms. The zero-order valence-electron chi connectivity index (χ0n) is 9.54. The van der Waals surface area contributed by atoms with Gasteiger partial charge < -0.3 is 20.5 Å². The first-order valence-corrected chi connectivity index (χ1v) is 5.56. The molecule has 0 unspecified atom stereocenters. The van der Waals surface area contributed by atoms with Gasteiger partial charge in [0.2, 0.25) is 5.91 Å². The van der Waals surface area contributed by atoms with Crippen molar-refractivity contribution >= 4 is 5.91 Å². The van der Waals surface area contributed by atoms with Gasteiger partial charge in [-0.15, -0.1) is 0 Å². The van der Waals surface area contributed by atoms with Gasteiger partial charge in [-0.3, -0.25) is 4.79 Å². The molecule has 1 aliphatic rings. The average molecular weight is 228 g/mol. The Bertz CT molecular complexity index is 237. The van der Waals surface area contributed by atoms with Crippen LogP contribution in [0.15, 0.2) is 12.8 Å². The largest absolute Gasteiger partial charge is 0.502 e. The van der Waals surface area contributed by atoms with Gasteiger partial charge in [-0.1, -0.05) is 6.58 Å². The molecular weight excluding hydrogens is 208 g/mol. The molecule has 0 radical (unpaired) electrons. The number of hydrogen-bond acceptors (Lipinski definition) is 4. The molecule has 0 aliphatic carbocycles. The van der Waals surface area contributed by atoms with Crippen LogP contribution < -0.4 is 11.1 Å². The summed E-state index contributed by atoms with van der Waals surface area (Å²) >= 11 is 0. The van der Waals surface area contributed by atoms with Crippen molar-refractivity contribution < 1.29 is 14.3 Å². The summed E-state index contributed by atoms with van der Waals surface area (Å²) in [6.45, 7) is 5.69. The molecule has 1 aliphatic heterocycles. The fourth-order valence-corrected chi connectivity index (χ4v) is 1.58. The molecule has 0 aromatic carbocycles. The number of nitrogens with two attached hydrogens (primary N) is 1. The Morgan fingerprint density at radius 3 is 2.88 bits per heavy atom. The Morgan fingerprint density at radius 1 is 1.56 bits per heavy atom. The number of nitrogens with one attached hydrogen (secondary N) is 1. The van der Waals surface area contributed by atoms with Crippen LogP contribution in [0.2, 0.25) is 0 Å². The maximum Gasteiger partial charge on any atom is 0.240 e. The topological polar surface area (TPSA) is 73.6 Å². The van der Waals surface area contributed by atoms with Gasteiger partial charge in [-0.25, -0.2) is 0 Å². The van der Waals surface area contributed by atoms with Crippen molar-refractivity contribution in [2.75, 3.05) is 26.4 Å². The van der Waals surface area contributed by atoms with Crippen molar-refractivity contribution in [2.45, 2.75) is 24.8 Å². The minimum absolute atomic E-state index is 0.0885. The lowest BCUT2D eigenvalue weighted by Crippen LogP contribution is -2.57. The van der Waals surface area contributed by atoms with Crippen LogP contribution in [0.5, 0.6) is 0 Å². The smallest absolute Gasteiger partial charge is 0.240 e. The molecule has 1 fully saturated rings. The Morgan fingerprint density at radius 2 is 2.25 bits per heavy atom. The Hall–Kier alpha value is -1.07. The molecule has 1 amide bonds. The van der Waals surface area contributed by atoms with E-state index >= 15 is 0 Å². The van der Waals surface area contributed by atoms with Crippen molar-refractivity contribution in [3.05, 3.63) is 12.8 Å². The van der Waals surface area contributed by atoms with E-state index in [2.05, 4.69) is 11.9 Å². The van der Waals surface area contributed by atoms with E-state index in [0.29, 0.717) is 39.2 Å². The van der Waals surface area contributed by atoms with Crippen LogP contribution in [0, 0.1) is 0 Å². The average Bonchev–Trinajstić information content (AvgIpc) is 2.29. The predicted molar refractivity (Wildman–Crippen MR) is 60.7 cm³/mol. The van der Waals surface area contributed by atoms with Crippen molar-refractivity contribution in [1.82, 2.24) is 5.32 Å². The maximum atomic E-state index is 11.8. The van der Waals surface area contributed by atoms with Crippen molar-refractivity contribution in [3.63, 3.8) is 0 Å². The van der Waals surface area contributed by atoms with Gasteiger partial charge in [0.1, 0.15) is 0 Å². The van der Waals surface area contributed by atoms with Gasteiger partial charge in [0, 0.05) is 19.8 Å². The second-order valence-corrected chi connectivity index (χ2v) is 3.92. The molecule has 0 spiro atoms. The molecule has 0 aromatic rings. The fraction of sp³-hybridized carbons (Fsp3) is 0.727. The third-order valence-electron chi connectivity index (χ3n) is 2.68. The second kappa shape index (κ2) is 6.50. The lowest BCUT2D eigenvalue weighted by atomic mass is 9.90. The molecule has 0 atom stereocenters. The van der Waals surface area contributed by atoms with Crippen LogP contribution >= 0.6 is 0 Å². The standard InChI is InChI=1S/C11H20N2O3/c1-2-15-7-3-6-13-10(14)11(12)4-8-16-9-5-11/h2H,1,3-9,12H2,(H,13,14). The third kappa shape index (κ3) is 3.83. The van der Waals surface area contributed by atoms with Crippen molar-refractivity contribution in [3.8, 4) is 0 Å². The van der Waals surface area contributed by atoms with Crippen LogP contribution in [0.3, 0.4) is 0 Å². The molecule has 1 rings (SSSR count). The van der Waals surface area contributed by atoms with Crippen LogP contribution in [0.1, 0.15) is 19.3 Å². The molecule has 3 N–H and O–H groups in total. The summed E-state index contributed by atoms with van der Waals surface area (Å²) in [4.78, 5) is 11.8. The zero-order valence-corrected chi connectivity index (χ0v) is 9.54. The monoisotopic (exact) mass is 228 g/mol. The van der Waals surface area contributed by atoms with Crippen molar-refractivity contribution in [2.24, 2.45) is 5.73 Å². The summed E-state index contributed by atoms with van der Waals surface area (Å²) in [5, 5.41) is 2.82. The molecule has 0 aromatic heterocycles. The van der Waals surface area contributed by atoms with E-state index < -0.39 is 5.54 Å². The summed E-state index contributed by atoms with van der Waals surface area (Å²) in [7, 11) is 0. The highest BCUT2D eigenvalue weighted by Gasteiger charge is 2.35. The summed E-state index contributed by atoms with van der Waals surface area (Å²) < 4.78 is 10.1. The lowest BCUT2D eigenvalue weighted by Gasteiger charge is -2.31. The molecule has 92 valence electrons. The summed E-state index contributed by atoms with van der Waals surface area (Å²) in [5.74, 6) is -0.0885. The van der Waals surface area contributed by atoms with Crippen LogP contribution in [-0.4, -0.2) is 37.8 Å². The normalized spacial score (nSPS) is 18.8. The molecule has 5 heteroatoms. The SMILES string of the molecule is C=COCCCNC(=O)C1(N)CCOCC1. The van der Waals surface area contributed by atoms with Crippen LogP contribution in [0.25, 0.3) is 0 Å². The van der Waals surface area contributed by atoms with Gasteiger partial charge in [-0.05, 0) is 19.3 Å². The van der Waals surface area contributed by atoms with Gasteiger partial charge in [0.15, 0.2) is 0 Å². The molecular formula is C11H20N2O3. The van der Waals surface area contributed by atoms with Gasteiger partial charge >= 0.3 is 0 Å². The first kappa shape index (κ1) is 13.0. The van der Waals surface area contributed by atoms with Gasteiger partial charge in [0.25, 0.3) is 0 Å². The summed E-state index contributed by atoms with van der Waals surface area (Å²) in [6, 6.07) is 0. The first-order valence-electron chi connectivity index (χ1n) is 5.56. The maximum absolute atomic E-state index is 11.8. The zero-order chi connectivity index (χ0) is 11.9. The number of ether oxygens (including phenoxy) is 2. The van der Waals surface area contributed by atoms with Gasteiger partial charge in [0.05, 0.1) is 18.4 Å². The van der Waals surface area contributed by atoms with E-state index in [1.54, 1.807) is 0 Å². The molecule has 16 heavy (non-hydrogen) atoms. The van der Waals surface area contributed by atoms with E-state index in [1.165, 1.54) is 6.26 Å². The van der Waals surface area contributed by atoms with Gasteiger partial charge in [-0.2, -0.15) is 0 Å². The van der Waals surface area contributed by atoms with E-state index in [-0.39, 0.29) is 5.91 Å². The Kier molecular flexibility index (Phi) is 5.28. The molecule has 1 heterocycles. The number of amides is 1. The van der Waals surface area contributed by atoms with E-state index in [1.807, 2.05) is 0 Å². The lowest BCUT2D eigenvalue weighted by molar-refractivity contribution is -0.129. The fourth-order valence-electron chi connectivity index (χ4n) is 1.58. The highest BCUT2D eigenvalue weighted by Crippen LogP contribution is 2.17. The van der Waals surface area contributed by atoms with Crippen LogP contribution in [-0.2, 0) is 14.3 Å². The summed E-state index contributed by atoms with van der Waals surface area (Å²) in [5.41, 5.74) is 5.25. The predicted octanol–water partition coefficient (Wildman–Crippen LogP) is 0.161. The molecule has 5 nitrogen and oxygen atoms in total. The minimum atomic E-state index is -0.752. The highest BCUT2D eigenvalue weighted by atomic mass is 16.5. The second-order valence-electron chi connectivity index (χ2n) is 3.92. The van der Waals surface area contributed by atoms with E-state index in [0.717, 1.165) is 6.42 Å². The highest BCUT2D eigenvalue weighted by molar-refractivity contribution is 5.86. The van der Waals surface area contributed by atoms with E-state index in [4.69, 9.17) is 15.2 Å². The molecule has 0 saturated carbocycles. The Labute approximate surface area is 96.0 Å².